The van der Waals surface area contributed by atoms with E-state index in [4.69, 9.17) is 16.4 Å². The molecule has 0 unspecified atom stereocenters. The van der Waals surface area contributed by atoms with Crippen LogP contribution in [0, 0.1) is 17.6 Å². The van der Waals surface area contributed by atoms with Crippen molar-refractivity contribution >= 4 is 47.9 Å². The Labute approximate surface area is 152 Å². The first-order valence-electron chi connectivity index (χ1n) is 7.25. The number of halogens is 4. The van der Waals surface area contributed by atoms with Gasteiger partial charge in [0, 0.05) is 0 Å². The normalized spacial score (nSPS) is 16.8. The fourth-order valence-corrected chi connectivity index (χ4v) is 3.85. The van der Waals surface area contributed by atoms with Gasteiger partial charge < -0.3 is 5.32 Å². The van der Waals surface area contributed by atoms with E-state index in [0.717, 1.165) is 18.9 Å². The molecule has 1 aromatic rings. The molecule has 2 N–H and O–H groups in total. The van der Waals surface area contributed by atoms with E-state index in [-0.39, 0.29) is 32.0 Å². The van der Waals surface area contributed by atoms with E-state index >= 15 is 0 Å². The molecule has 0 radical (unpaired) electrons. The number of allylic oxidation sites excluding steroid dienone is 2. The van der Waals surface area contributed by atoms with Crippen molar-refractivity contribution in [1.82, 2.24) is 5.48 Å². The van der Waals surface area contributed by atoms with Gasteiger partial charge in [0.1, 0.15) is 0 Å². The van der Waals surface area contributed by atoms with E-state index in [0.29, 0.717) is 23.3 Å². The Morgan fingerprint density at radius 2 is 2.17 bits per heavy atom. The van der Waals surface area contributed by atoms with E-state index in [1.165, 1.54) is 6.07 Å². The van der Waals surface area contributed by atoms with Crippen LogP contribution in [0.1, 0.15) is 23.2 Å². The Morgan fingerprint density at radius 3 is 2.88 bits per heavy atom. The van der Waals surface area contributed by atoms with Crippen LogP contribution in [0.3, 0.4) is 0 Å². The average Bonchev–Trinajstić information content (AvgIpc) is 3.38. The van der Waals surface area contributed by atoms with Gasteiger partial charge in [0.05, 0.1) is 28.6 Å². The maximum absolute atomic E-state index is 14.2. The SMILES string of the molecule is O=C(NOCC1CC1)c1ccc(F)c(F)c1NC1=C(Cl)C=IC=C1. The zero-order chi connectivity index (χ0) is 17.1. The third kappa shape index (κ3) is 4.20. The molecule has 1 heterocycles. The lowest BCUT2D eigenvalue weighted by molar-refractivity contribution is 0.0270. The molecule has 1 aliphatic heterocycles. The monoisotopic (exact) mass is 466 g/mol. The second-order valence-electron chi connectivity index (χ2n) is 5.38. The highest BCUT2D eigenvalue weighted by Gasteiger charge is 2.23. The minimum atomic E-state index is -1.14. The molecule has 4 nitrogen and oxygen atoms in total. The number of rotatable bonds is 6. The summed E-state index contributed by atoms with van der Waals surface area (Å²) >= 11 is 5.80. The number of hydroxylamine groups is 1. The predicted octanol–water partition coefficient (Wildman–Crippen LogP) is 4.20. The van der Waals surface area contributed by atoms with Crippen molar-refractivity contribution < 1.29 is 18.4 Å². The first-order chi connectivity index (χ1) is 11.6. The number of amides is 1. The molecule has 1 aliphatic carbocycles. The topological polar surface area (TPSA) is 50.4 Å². The van der Waals surface area contributed by atoms with Gasteiger partial charge in [-0.25, -0.2) is 14.3 Å². The molecule has 1 saturated carbocycles. The largest absolute Gasteiger partial charge is 0.351 e. The van der Waals surface area contributed by atoms with Gasteiger partial charge in [0.15, 0.2) is 11.6 Å². The number of hydrogen-bond acceptors (Lipinski definition) is 3. The first-order valence-corrected chi connectivity index (χ1v) is 10.1. The van der Waals surface area contributed by atoms with E-state index in [1.54, 1.807) is 6.08 Å². The van der Waals surface area contributed by atoms with Crippen LogP contribution in [0.4, 0.5) is 14.5 Å². The van der Waals surface area contributed by atoms with Crippen LogP contribution in [-0.4, -0.2) is 16.5 Å². The Hall–Kier alpha value is -1.32. The summed E-state index contributed by atoms with van der Waals surface area (Å²) in [6, 6.07) is 2.11. The Kier molecular flexibility index (Phi) is 5.62. The molecule has 2 aliphatic rings. The smallest absolute Gasteiger partial charge is 0.277 e. The van der Waals surface area contributed by atoms with Gasteiger partial charge in [-0.15, -0.1) is 0 Å². The Bertz CT molecular complexity index is 761. The molecule has 3 rings (SSSR count). The maximum atomic E-state index is 14.2. The fraction of sp³-hybridized carbons (Fsp3) is 0.250. The molecular formula is C16H14ClF2IN2O2. The van der Waals surface area contributed by atoms with E-state index < -0.39 is 17.5 Å². The standard InChI is InChI=1S/C16H14ClF2IN2O2/c17-11-7-20-6-5-13(11)21-15-10(3-4-12(18)14(15)19)16(23)22-24-8-9-1-2-9/h3-7,9,21H,1-2,8H2,(H,22,23). The van der Waals surface area contributed by atoms with Crippen LogP contribution < -0.4 is 10.8 Å². The zero-order valence-corrected chi connectivity index (χ0v) is 15.3. The molecule has 1 aromatic carbocycles. The third-order valence-corrected chi connectivity index (χ3v) is 5.94. The highest BCUT2D eigenvalue weighted by Crippen LogP contribution is 2.29. The summed E-state index contributed by atoms with van der Waals surface area (Å²) in [7, 11) is 0. The minimum absolute atomic E-state index is 0.0599. The first kappa shape index (κ1) is 17.5. The molecule has 0 atom stereocenters. The third-order valence-electron chi connectivity index (χ3n) is 3.50. The molecule has 1 amide bonds. The molecular weight excluding hydrogens is 453 g/mol. The van der Waals surface area contributed by atoms with Gasteiger partial charge >= 0.3 is 0 Å². The van der Waals surface area contributed by atoms with Crippen LogP contribution in [-0.2, 0) is 4.84 Å². The van der Waals surface area contributed by atoms with Crippen LogP contribution in [0.2, 0.25) is 0 Å². The van der Waals surface area contributed by atoms with Gasteiger partial charge in [-0.2, -0.15) is 0 Å². The summed E-state index contributed by atoms with van der Waals surface area (Å²) in [5.74, 6) is -2.38. The van der Waals surface area contributed by atoms with Crippen LogP contribution in [0.5, 0.6) is 0 Å². The fourth-order valence-electron chi connectivity index (χ4n) is 1.99. The molecule has 0 saturated heterocycles. The van der Waals surface area contributed by atoms with E-state index in [9.17, 15) is 13.6 Å². The number of carbonyl (C=O) groups is 1. The molecule has 128 valence electrons. The van der Waals surface area contributed by atoms with Crippen LogP contribution in [0.25, 0.3) is 0 Å². The van der Waals surface area contributed by atoms with Gasteiger partial charge in [0.25, 0.3) is 5.91 Å². The Balaban J connectivity index is 1.83. The molecule has 1 fully saturated rings. The molecule has 0 spiro atoms. The van der Waals surface area contributed by atoms with Crippen molar-refractivity contribution in [2.75, 3.05) is 11.9 Å². The lowest BCUT2D eigenvalue weighted by Crippen LogP contribution is -2.26. The van der Waals surface area contributed by atoms with Crippen molar-refractivity contribution in [2.45, 2.75) is 12.8 Å². The lowest BCUT2D eigenvalue weighted by atomic mass is 10.1. The molecule has 24 heavy (non-hydrogen) atoms. The zero-order valence-electron chi connectivity index (χ0n) is 12.4. The summed E-state index contributed by atoms with van der Waals surface area (Å²) in [6.45, 7) is 0.413. The van der Waals surface area contributed by atoms with Gasteiger partial charge in [-0.05, 0) is 45.1 Å². The van der Waals surface area contributed by atoms with Crippen molar-refractivity contribution in [2.24, 2.45) is 5.92 Å². The van der Waals surface area contributed by atoms with Crippen LogP contribution >= 0.6 is 32.3 Å². The molecule has 8 heteroatoms. The Morgan fingerprint density at radius 1 is 1.38 bits per heavy atom. The van der Waals surface area contributed by atoms with E-state index in [2.05, 4.69) is 10.8 Å². The predicted molar refractivity (Wildman–Crippen MR) is 98.2 cm³/mol. The minimum Gasteiger partial charge on any atom is -0.351 e. The number of hydrogen-bond donors (Lipinski definition) is 2. The summed E-state index contributed by atoms with van der Waals surface area (Å²) in [4.78, 5) is 17.3. The number of anilines is 1. The van der Waals surface area contributed by atoms with Crippen molar-refractivity contribution in [3.63, 3.8) is 0 Å². The van der Waals surface area contributed by atoms with Gasteiger partial charge in [0.2, 0.25) is 0 Å². The summed E-state index contributed by atoms with van der Waals surface area (Å²) < 4.78 is 31.6. The average molecular weight is 467 g/mol. The number of carbonyl (C=O) groups excluding carboxylic acids is 1. The summed E-state index contributed by atoms with van der Waals surface area (Å²) in [6.07, 6.45) is 3.85. The van der Waals surface area contributed by atoms with Crippen molar-refractivity contribution in [1.29, 1.82) is 0 Å². The maximum Gasteiger partial charge on any atom is 0.277 e. The van der Waals surface area contributed by atoms with Crippen molar-refractivity contribution in [3.8, 4) is 0 Å². The number of nitrogens with one attached hydrogen (secondary N) is 2. The summed E-state index contributed by atoms with van der Waals surface area (Å²) in [5.41, 5.74) is 2.36. The van der Waals surface area contributed by atoms with E-state index in [1.807, 2.05) is 8.09 Å². The van der Waals surface area contributed by atoms with Crippen molar-refractivity contribution in [3.05, 3.63) is 50.2 Å². The summed E-state index contributed by atoms with van der Waals surface area (Å²) in [5, 5.41) is 3.14. The lowest BCUT2D eigenvalue weighted by Gasteiger charge is -2.15. The van der Waals surface area contributed by atoms with Gasteiger partial charge in [-0.3, -0.25) is 9.63 Å². The molecule has 0 bridgehead atoms. The molecule has 0 aromatic heterocycles. The quantitative estimate of drug-likeness (QED) is 0.488. The second-order valence-corrected chi connectivity index (χ2v) is 7.85. The number of benzene rings is 1. The second kappa shape index (κ2) is 7.71. The highest BCUT2D eigenvalue weighted by molar-refractivity contribution is 14.2. The highest BCUT2D eigenvalue weighted by atomic mass is 127. The van der Waals surface area contributed by atoms with Crippen LogP contribution in [0.15, 0.2) is 33.0 Å². The van der Waals surface area contributed by atoms with Gasteiger partial charge in [-0.1, -0.05) is 32.3 Å².